The van der Waals surface area contributed by atoms with Gasteiger partial charge in [-0.2, -0.15) is 0 Å². The number of carboxylic acids is 1. The lowest BCUT2D eigenvalue weighted by atomic mass is 9.86. The maximum absolute atomic E-state index is 10.7. The molecule has 1 rings (SSSR count). The molecule has 0 saturated heterocycles. The number of hydrogen-bond acceptors (Lipinski definition) is 3. The number of aryl methyl sites for hydroxylation is 2. The van der Waals surface area contributed by atoms with Crippen LogP contribution in [0.1, 0.15) is 40.3 Å². The summed E-state index contributed by atoms with van der Waals surface area (Å²) in [6.45, 7) is 8.07. The molecular formula is C14H22N2O2. The van der Waals surface area contributed by atoms with Crippen LogP contribution >= 0.6 is 0 Å². The zero-order valence-electron chi connectivity index (χ0n) is 11.4. The SMILES string of the molecule is Cc1cc(C)c(C)c(C(N)C(N)CC(=O)O)c1C. The molecule has 2 atom stereocenters. The molecule has 4 heteroatoms. The van der Waals surface area contributed by atoms with E-state index in [2.05, 4.69) is 6.07 Å². The largest absolute Gasteiger partial charge is 0.481 e. The number of carboxylic acid groups (broad SMARTS) is 1. The van der Waals surface area contributed by atoms with E-state index < -0.39 is 18.1 Å². The van der Waals surface area contributed by atoms with Crippen LogP contribution < -0.4 is 11.5 Å². The van der Waals surface area contributed by atoms with Crippen molar-refractivity contribution in [2.75, 3.05) is 0 Å². The number of carbonyl (C=O) groups is 1. The molecule has 0 bridgehead atoms. The van der Waals surface area contributed by atoms with Gasteiger partial charge in [-0.15, -0.1) is 0 Å². The van der Waals surface area contributed by atoms with Crippen LogP contribution in [0.2, 0.25) is 0 Å². The summed E-state index contributed by atoms with van der Waals surface area (Å²) in [6, 6.07) is 1.10. The molecule has 18 heavy (non-hydrogen) atoms. The molecule has 2 unspecified atom stereocenters. The standard InChI is InChI=1S/C14H22N2O2/c1-7-5-8(2)10(4)13(9(7)3)14(16)11(15)6-12(17)18/h5,11,14H,6,15-16H2,1-4H3,(H,17,18). The van der Waals surface area contributed by atoms with Crippen LogP contribution in [-0.2, 0) is 4.79 Å². The summed E-state index contributed by atoms with van der Waals surface area (Å²) in [5.41, 5.74) is 17.5. The molecule has 0 amide bonds. The normalized spacial score (nSPS) is 14.3. The van der Waals surface area contributed by atoms with Crippen molar-refractivity contribution < 1.29 is 9.90 Å². The molecule has 4 nitrogen and oxygen atoms in total. The first-order chi connectivity index (χ1) is 8.25. The second-order valence-electron chi connectivity index (χ2n) is 4.96. The fourth-order valence-electron chi connectivity index (χ4n) is 2.29. The van der Waals surface area contributed by atoms with E-state index in [1.54, 1.807) is 0 Å². The van der Waals surface area contributed by atoms with Gasteiger partial charge in [-0.05, 0) is 55.5 Å². The highest BCUT2D eigenvalue weighted by Crippen LogP contribution is 2.28. The molecule has 1 aromatic rings. The second-order valence-corrected chi connectivity index (χ2v) is 4.96. The van der Waals surface area contributed by atoms with Gasteiger partial charge in [0.1, 0.15) is 0 Å². The minimum atomic E-state index is -0.919. The van der Waals surface area contributed by atoms with E-state index in [0.29, 0.717) is 0 Å². The van der Waals surface area contributed by atoms with Crippen molar-refractivity contribution in [3.63, 3.8) is 0 Å². The lowest BCUT2D eigenvalue weighted by Gasteiger charge is -2.25. The van der Waals surface area contributed by atoms with E-state index in [9.17, 15) is 4.79 Å². The highest BCUT2D eigenvalue weighted by molar-refractivity contribution is 5.67. The van der Waals surface area contributed by atoms with Crippen molar-refractivity contribution in [3.05, 3.63) is 33.9 Å². The molecule has 0 spiro atoms. The number of aliphatic carboxylic acids is 1. The van der Waals surface area contributed by atoms with Crippen LogP contribution in [0.4, 0.5) is 0 Å². The molecule has 1 aromatic carbocycles. The maximum Gasteiger partial charge on any atom is 0.304 e. The summed E-state index contributed by atoms with van der Waals surface area (Å²) in [5.74, 6) is -0.919. The van der Waals surface area contributed by atoms with E-state index in [1.807, 2.05) is 27.7 Å². The second kappa shape index (κ2) is 5.50. The molecule has 0 aliphatic rings. The predicted molar refractivity (Wildman–Crippen MR) is 72.5 cm³/mol. The monoisotopic (exact) mass is 250 g/mol. The number of hydrogen-bond donors (Lipinski definition) is 3. The van der Waals surface area contributed by atoms with E-state index in [4.69, 9.17) is 16.6 Å². The smallest absolute Gasteiger partial charge is 0.304 e. The van der Waals surface area contributed by atoms with Gasteiger partial charge in [0.15, 0.2) is 0 Å². The quantitative estimate of drug-likeness (QED) is 0.759. The fraction of sp³-hybridized carbons (Fsp3) is 0.500. The first-order valence-electron chi connectivity index (χ1n) is 6.06. The Morgan fingerprint density at radius 3 is 2.00 bits per heavy atom. The van der Waals surface area contributed by atoms with Gasteiger partial charge in [0.25, 0.3) is 0 Å². The van der Waals surface area contributed by atoms with Crippen molar-refractivity contribution in [1.29, 1.82) is 0 Å². The summed E-state index contributed by atoms with van der Waals surface area (Å²) in [6.07, 6.45) is -0.118. The average molecular weight is 250 g/mol. The maximum atomic E-state index is 10.7. The third-order valence-electron chi connectivity index (χ3n) is 3.63. The molecular weight excluding hydrogens is 228 g/mol. The third kappa shape index (κ3) is 2.89. The molecule has 0 fully saturated rings. The Morgan fingerprint density at radius 1 is 1.17 bits per heavy atom. The van der Waals surface area contributed by atoms with Crippen molar-refractivity contribution in [2.24, 2.45) is 11.5 Å². The van der Waals surface area contributed by atoms with E-state index in [0.717, 1.165) is 27.8 Å². The Labute approximate surface area is 108 Å². The topological polar surface area (TPSA) is 89.3 Å². The minimum Gasteiger partial charge on any atom is -0.481 e. The van der Waals surface area contributed by atoms with Crippen molar-refractivity contribution >= 4 is 5.97 Å². The summed E-state index contributed by atoms with van der Waals surface area (Å²) in [7, 11) is 0. The molecule has 100 valence electrons. The Bertz CT molecular complexity index is 443. The van der Waals surface area contributed by atoms with E-state index >= 15 is 0 Å². The van der Waals surface area contributed by atoms with Gasteiger partial charge in [0.05, 0.1) is 6.42 Å². The van der Waals surface area contributed by atoms with Crippen LogP contribution in [0.25, 0.3) is 0 Å². The minimum absolute atomic E-state index is 0.118. The summed E-state index contributed by atoms with van der Waals surface area (Å²) >= 11 is 0. The fourth-order valence-corrected chi connectivity index (χ4v) is 2.29. The van der Waals surface area contributed by atoms with Gasteiger partial charge in [-0.25, -0.2) is 0 Å². The molecule has 0 aliphatic carbocycles. The first kappa shape index (κ1) is 14.7. The summed E-state index contributed by atoms with van der Waals surface area (Å²) in [4.78, 5) is 10.7. The van der Waals surface area contributed by atoms with Crippen molar-refractivity contribution in [3.8, 4) is 0 Å². The van der Waals surface area contributed by atoms with Gasteiger partial charge in [-0.3, -0.25) is 4.79 Å². The zero-order chi connectivity index (χ0) is 14.0. The highest BCUT2D eigenvalue weighted by atomic mass is 16.4. The molecule has 0 heterocycles. The Hall–Kier alpha value is -1.39. The Balaban J connectivity index is 3.20. The van der Waals surface area contributed by atoms with Crippen LogP contribution in [-0.4, -0.2) is 17.1 Å². The van der Waals surface area contributed by atoms with Crippen LogP contribution in [0.15, 0.2) is 6.07 Å². The van der Waals surface area contributed by atoms with Crippen molar-refractivity contribution in [2.45, 2.75) is 46.2 Å². The van der Waals surface area contributed by atoms with Gasteiger partial charge >= 0.3 is 5.97 Å². The van der Waals surface area contributed by atoms with Crippen molar-refractivity contribution in [1.82, 2.24) is 0 Å². The Kier molecular flexibility index (Phi) is 4.48. The lowest BCUT2D eigenvalue weighted by molar-refractivity contribution is -0.137. The van der Waals surface area contributed by atoms with Crippen LogP contribution in [0.3, 0.4) is 0 Å². The average Bonchev–Trinajstić information content (AvgIpc) is 2.25. The first-order valence-corrected chi connectivity index (χ1v) is 6.06. The third-order valence-corrected chi connectivity index (χ3v) is 3.63. The lowest BCUT2D eigenvalue weighted by Crippen LogP contribution is -2.37. The van der Waals surface area contributed by atoms with Crippen LogP contribution in [0.5, 0.6) is 0 Å². The van der Waals surface area contributed by atoms with Gasteiger partial charge < -0.3 is 16.6 Å². The van der Waals surface area contributed by atoms with Crippen LogP contribution in [0, 0.1) is 27.7 Å². The number of nitrogens with two attached hydrogens (primary N) is 2. The number of benzene rings is 1. The Morgan fingerprint density at radius 2 is 1.61 bits per heavy atom. The molecule has 0 aliphatic heterocycles. The van der Waals surface area contributed by atoms with Gasteiger partial charge in [0, 0.05) is 12.1 Å². The highest BCUT2D eigenvalue weighted by Gasteiger charge is 2.22. The number of rotatable bonds is 4. The van der Waals surface area contributed by atoms with Gasteiger partial charge in [-0.1, -0.05) is 6.07 Å². The van der Waals surface area contributed by atoms with E-state index in [-0.39, 0.29) is 6.42 Å². The molecule has 0 saturated carbocycles. The zero-order valence-corrected chi connectivity index (χ0v) is 11.4. The predicted octanol–water partition coefficient (Wildman–Crippen LogP) is 1.72. The molecule has 0 aromatic heterocycles. The molecule has 5 N–H and O–H groups in total. The summed E-state index contributed by atoms with van der Waals surface area (Å²) in [5, 5.41) is 8.79. The molecule has 0 radical (unpaired) electrons. The summed E-state index contributed by atoms with van der Waals surface area (Å²) < 4.78 is 0. The van der Waals surface area contributed by atoms with E-state index in [1.165, 1.54) is 0 Å². The van der Waals surface area contributed by atoms with Gasteiger partial charge in [0.2, 0.25) is 0 Å².